The lowest BCUT2D eigenvalue weighted by atomic mass is 10.1. The predicted octanol–water partition coefficient (Wildman–Crippen LogP) is 1.67. The zero-order valence-corrected chi connectivity index (χ0v) is 14.7. The fourth-order valence-corrected chi connectivity index (χ4v) is 2.68. The van der Waals surface area contributed by atoms with Crippen LogP contribution in [0.1, 0.15) is 11.1 Å². The molecule has 128 valence electrons. The third-order valence-corrected chi connectivity index (χ3v) is 3.74. The fourth-order valence-electron chi connectivity index (χ4n) is 2.68. The van der Waals surface area contributed by atoms with Crippen LogP contribution in [0, 0.1) is 6.92 Å². The fraction of sp³-hybridized carbons (Fsp3) is 0.316. The monoisotopic (exact) mass is 329 g/mol. The molecule has 2 aromatic carbocycles. The predicted molar refractivity (Wildman–Crippen MR) is 94.8 cm³/mol. The molecule has 0 aromatic heterocycles. The van der Waals surface area contributed by atoms with Gasteiger partial charge in [-0.3, -0.25) is 4.79 Å². The highest BCUT2D eigenvalue weighted by Crippen LogP contribution is 2.29. The molecule has 2 aromatic rings. The molecule has 24 heavy (non-hydrogen) atoms. The summed E-state index contributed by atoms with van der Waals surface area (Å²) in [5.74, 6) is 1.41. The van der Waals surface area contributed by atoms with Crippen LogP contribution >= 0.6 is 0 Å². The van der Waals surface area contributed by atoms with Gasteiger partial charge in [-0.2, -0.15) is 0 Å². The summed E-state index contributed by atoms with van der Waals surface area (Å²) in [6.45, 7) is 3.04. The summed E-state index contributed by atoms with van der Waals surface area (Å²) in [4.78, 5) is 13.3. The van der Waals surface area contributed by atoms with Gasteiger partial charge in [0.05, 0.1) is 26.8 Å². The Morgan fingerprint density at radius 1 is 1.12 bits per heavy atom. The van der Waals surface area contributed by atoms with Crippen LogP contribution in [0.25, 0.3) is 0 Å². The van der Waals surface area contributed by atoms with Crippen LogP contribution in [-0.4, -0.2) is 33.7 Å². The first kappa shape index (κ1) is 17.8. The summed E-state index contributed by atoms with van der Waals surface area (Å²) >= 11 is 0. The molecule has 0 saturated carbocycles. The minimum absolute atomic E-state index is 0.0139. The topological polar surface area (TPSA) is 52.0 Å². The summed E-state index contributed by atoms with van der Waals surface area (Å²) in [6.07, 6.45) is 0. The minimum Gasteiger partial charge on any atom is -0.493 e. The number of amides is 1. The number of nitrogens with one attached hydrogen (secondary N) is 2. The number of hydrogen-bond donors (Lipinski definition) is 2. The molecule has 5 heteroatoms. The van der Waals surface area contributed by atoms with Crippen molar-refractivity contribution in [2.75, 3.05) is 33.1 Å². The molecule has 0 bridgehead atoms. The van der Waals surface area contributed by atoms with Crippen molar-refractivity contribution in [3.05, 3.63) is 53.6 Å². The van der Waals surface area contributed by atoms with Crippen LogP contribution < -0.4 is 19.7 Å². The number of carbonyl (C=O) groups is 1. The number of aryl methyl sites for hydroxylation is 1. The largest absolute Gasteiger partial charge is 0.493 e. The first-order chi connectivity index (χ1) is 11.5. The van der Waals surface area contributed by atoms with Gasteiger partial charge in [0.15, 0.2) is 18.0 Å². The third-order valence-electron chi connectivity index (χ3n) is 3.74. The molecule has 2 N–H and O–H groups in total. The number of ether oxygens (including phenoxy) is 2. The van der Waals surface area contributed by atoms with Crippen LogP contribution in [0.15, 0.2) is 42.5 Å². The molecule has 0 radical (unpaired) electrons. The summed E-state index contributed by atoms with van der Waals surface area (Å²) < 4.78 is 10.8. The van der Waals surface area contributed by atoms with Crippen molar-refractivity contribution in [1.82, 2.24) is 0 Å². The summed E-state index contributed by atoms with van der Waals surface area (Å²) in [7, 11) is 5.23. The molecule has 5 nitrogen and oxygen atoms in total. The molecule has 0 aliphatic heterocycles. The Kier molecular flexibility index (Phi) is 6.21. The quantitative estimate of drug-likeness (QED) is 0.812. The molecule has 1 amide bonds. The maximum Gasteiger partial charge on any atom is 0.279 e. The van der Waals surface area contributed by atoms with Crippen LogP contribution in [0.3, 0.4) is 0 Å². The molecule has 1 unspecified atom stereocenters. The van der Waals surface area contributed by atoms with E-state index in [2.05, 4.69) is 5.32 Å². The number of carbonyl (C=O) groups excluding carboxylic acids is 1. The van der Waals surface area contributed by atoms with E-state index in [0.717, 1.165) is 27.5 Å². The van der Waals surface area contributed by atoms with Gasteiger partial charge >= 0.3 is 0 Å². The minimum atomic E-state index is -0.0139. The number of benzene rings is 2. The van der Waals surface area contributed by atoms with Gasteiger partial charge in [0.25, 0.3) is 5.91 Å². The summed E-state index contributed by atoms with van der Waals surface area (Å²) in [6, 6.07) is 13.6. The average Bonchev–Trinajstić information content (AvgIpc) is 2.54. The molecular formula is C19H25N2O3+. The SMILES string of the molecule is COc1cccc(C[NH+](C)CC(=O)Nc2cccc(C)c2)c1OC. The van der Waals surface area contributed by atoms with Crippen LogP contribution in [-0.2, 0) is 11.3 Å². The highest BCUT2D eigenvalue weighted by Gasteiger charge is 2.16. The zero-order valence-electron chi connectivity index (χ0n) is 14.7. The van der Waals surface area contributed by atoms with Crippen LogP contribution in [0.2, 0.25) is 0 Å². The Balaban J connectivity index is 1.98. The van der Waals surface area contributed by atoms with Crippen molar-refractivity contribution in [1.29, 1.82) is 0 Å². The number of hydrogen-bond acceptors (Lipinski definition) is 3. The lowest BCUT2D eigenvalue weighted by Gasteiger charge is -2.17. The van der Waals surface area contributed by atoms with Gasteiger partial charge in [0.2, 0.25) is 0 Å². The van der Waals surface area contributed by atoms with E-state index in [1.54, 1.807) is 14.2 Å². The lowest BCUT2D eigenvalue weighted by molar-refractivity contribution is -0.885. The normalized spacial score (nSPS) is 11.7. The Bertz CT molecular complexity index is 701. The van der Waals surface area contributed by atoms with Gasteiger partial charge in [0, 0.05) is 5.69 Å². The van der Waals surface area contributed by atoms with Crippen molar-refractivity contribution >= 4 is 11.6 Å². The van der Waals surface area contributed by atoms with E-state index in [-0.39, 0.29) is 5.91 Å². The number of para-hydroxylation sites is 1. The van der Waals surface area contributed by atoms with Gasteiger partial charge in [0.1, 0.15) is 6.54 Å². The first-order valence-electron chi connectivity index (χ1n) is 7.91. The average molecular weight is 329 g/mol. The molecule has 2 rings (SSSR count). The van der Waals surface area contributed by atoms with Crippen LogP contribution in [0.5, 0.6) is 11.5 Å². The molecule has 1 atom stereocenters. The summed E-state index contributed by atoms with van der Waals surface area (Å²) in [5, 5.41) is 2.93. The van der Waals surface area contributed by atoms with Crippen LogP contribution in [0.4, 0.5) is 5.69 Å². The Morgan fingerprint density at radius 3 is 2.54 bits per heavy atom. The second kappa shape index (κ2) is 8.36. The number of quaternary nitrogens is 1. The Labute approximate surface area is 143 Å². The van der Waals surface area contributed by atoms with E-state index in [1.165, 1.54) is 0 Å². The summed E-state index contributed by atoms with van der Waals surface area (Å²) in [5.41, 5.74) is 2.96. The molecule has 0 spiro atoms. The van der Waals surface area contributed by atoms with Gasteiger partial charge in [-0.05, 0) is 36.8 Å². The highest BCUT2D eigenvalue weighted by molar-refractivity contribution is 5.91. The maximum absolute atomic E-state index is 12.2. The number of rotatable bonds is 7. The molecule has 0 aliphatic carbocycles. The van der Waals surface area contributed by atoms with Gasteiger partial charge in [-0.1, -0.05) is 18.2 Å². The molecule has 0 heterocycles. The van der Waals surface area contributed by atoms with Crippen molar-refractivity contribution in [3.63, 3.8) is 0 Å². The molecular weight excluding hydrogens is 304 g/mol. The smallest absolute Gasteiger partial charge is 0.279 e. The second-order valence-corrected chi connectivity index (χ2v) is 5.88. The van der Waals surface area contributed by atoms with E-state index < -0.39 is 0 Å². The number of anilines is 1. The van der Waals surface area contributed by atoms with E-state index in [0.29, 0.717) is 18.8 Å². The van der Waals surface area contributed by atoms with Crippen molar-refractivity contribution < 1.29 is 19.2 Å². The first-order valence-corrected chi connectivity index (χ1v) is 7.91. The van der Waals surface area contributed by atoms with Gasteiger partial charge < -0.3 is 19.7 Å². The second-order valence-electron chi connectivity index (χ2n) is 5.88. The Morgan fingerprint density at radius 2 is 1.88 bits per heavy atom. The zero-order chi connectivity index (χ0) is 17.5. The molecule has 0 aliphatic rings. The van der Waals surface area contributed by atoms with E-state index in [4.69, 9.17) is 9.47 Å². The Hall–Kier alpha value is -2.53. The van der Waals surface area contributed by atoms with E-state index in [1.807, 2.05) is 56.4 Å². The van der Waals surface area contributed by atoms with Gasteiger partial charge in [-0.15, -0.1) is 0 Å². The standard InChI is InChI=1S/C19H24N2O3/c1-14-7-5-9-16(11-14)20-18(22)13-21(2)12-15-8-6-10-17(23-3)19(15)24-4/h5-11H,12-13H2,1-4H3,(H,20,22)/p+1. The molecule has 0 fully saturated rings. The van der Waals surface area contributed by atoms with Crippen molar-refractivity contribution in [2.45, 2.75) is 13.5 Å². The van der Waals surface area contributed by atoms with Crippen molar-refractivity contribution in [2.24, 2.45) is 0 Å². The van der Waals surface area contributed by atoms with E-state index in [9.17, 15) is 4.79 Å². The van der Waals surface area contributed by atoms with Crippen molar-refractivity contribution in [3.8, 4) is 11.5 Å². The number of methoxy groups -OCH3 is 2. The molecule has 0 saturated heterocycles. The third kappa shape index (κ3) is 4.73. The highest BCUT2D eigenvalue weighted by atomic mass is 16.5. The van der Waals surface area contributed by atoms with E-state index >= 15 is 0 Å². The maximum atomic E-state index is 12.2. The lowest BCUT2D eigenvalue weighted by Crippen LogP contribution is -3.08. The van der Waals surface area contributed by atoms with Gasteiger partial charge in [-0.25, -0.2) is 0 Å². The number of likely N-dealkylation sites (N-methyl/N-ethyl adjacent to an activating group) is 1.